The summed E-state index contributed by atoms with van der Waals surface area (Å²) in [5.74, 6) is 0.672. The quantitative estimate of drug-likeness (QED) is 0.400. The minimum atomic E-state index is -0.852. The minimum Gasteiger partial charge on any atom is -0.493 e. The van der Waals surface area contributed by atoms with Gasteiger partial charge in [-0.15, -0.1) is 0 Å². The Labute approximate surface area is 186 Å². The van der Waals surface area contributed by atoms with Crippen LogP contribution in [-0.4, -0.2) is 27.7 Å². The van der Waals surface area contributed by atoms with Crippen molar-refractivity contribution in [1.82, 2.24) is 9.97 Å². The number of carbonyl (C=O) groups is 1. The van der Waals surface area contributed by atoms with Crippen molar-refractivity contribution in [2.24, 2.45) is 0 Å². The molecule has 4 rings (SSSR count). The summed E-state index contributed by atoms with van der Waals surface area (Å²) in [6.45, 7) is 2.38. The molecule has 0 fully saturated rings. The molecule has 0 bridgehead atoms. The summed E-state index contributed by atoms with van der Waals surface area (Å²) >= 11 is 0. The molecular weight excluding hydrogens is 404 g/mol. The molecule has 162 valence electrons. The molecule has 0 amide bonds. The first-order valence-electron chi connectivity index (χ1n) is 10.5. The number of aromatic nitrogens is 2. The van der Waals surface area contributed by atoms with E-state index in [1.807, 2.05) is 61.5 Å². The zero-order valence-corrected chi connectivity index (χ0v) is 17.8. The van der Waals surface area contributed by atoms with Gasteiger partial charge in [0.1, 0.15) is 11.5 Å². The molecule has 1 N–H and O–H groups in total. The van der Waals surface area contributed by atoms with Crippen molar-refractivity contribution in [2.45, 2.75) is 25.7 Å². The lowest BCUT2D eigenvalue weighted by atomic mass is 9.93. The highest BCUT2D eigenvalue weighted by Gasteiger charge is 2.20. The molecular formula is C26H24N2O4. The Morgan fingerprint density at radius 3 is 2.44 bits per heavy atom. The molecule has 0 aliphatic rings. The third-order valence-corrected chi connectivity index (χ3v) is 5.29. The zero-order chi connectivity index (χ0) is 22.3. The number of rotatable bonds is 9. The van der Waals surface area contributed by atoms with Crippen LogP contribution in [0.5, 0.6) is 5.75 Å². The van der Waals surface area contributed by atoms with Crippen LogP contribution >= 0.6 is 0 Å². The molecule has 1 atom stereocenters. The summed E-state index contributed by atoms with van der Waals surface area (Å²) in [7, 11) is 0. The monoisotopic (exact) mass is 428 g/mol. The van der Waals surface area contributed by atoms with Crippen LogP contribution in [0.2, 0.25) is 0 Å². The van der Waals surface area contributed by atoms with E-state index in [1.165, 1.54) is 0 Å². The number of hydrogen-bond donors (Lipinski definition) is 1. The molecule has 0 radical (unpaired) electrons. The van der Waals surface area contributed by atoms with Crippen LogP contribution in [-0.2, 0) is 17.6 Å². The molecule has 4 aromatic rings. The summed E-state index contributed by atoms with van der Waals surface area (Å²) in [5, 5.41) is 9.61. The Morgan fingerprint density at radius 1 is 1.03 bits per heavy atom. The average molecular weight is 428 g/mol. The van der Waals surface area contributed by atoms with Gasteiger partial charge in [0.05, 0.1) is 18.2 Å². The van der Waals surface area contributed by atoms with Gasteiger partial charge in [0.15, 0.2) is 0 Å². The van der Waals surface area contributed by atoms with Gasteiger partial charge in [0.2, 0.25) is 5.89 Å². The fourth-order valence-corrected chi connectivity index (χ4v) is 3.53. The first-order chi connectivity index (χ1) is 15.6. The lowest BCUT2D eigenvalue weighted by molar-refractivity contribution is -0.138. The third kappa shape index (κ3) is 5.21. The second-order valence-corrected chi connectivity index (χ2v) is 7.51. The number of carboxylic acids is 1. The Balaban J connectivity index is 1.34. The Hall–Kier alpha value is -3.93. The second kappa shape index (κ2) is 9.92. The first kappa shape index (κ1) is 21.3. The van der Waals surface area contributed by atoms with E-state index in [4.69, 9.17) is 9.15 Å². The van der Waals surface area contributed by atoms with E-state index in [-0.39, 0.29) is 0 Å². The SMILES string of the molecule is Cc1oc(-c2ccccc2)nc1CCOc1ccc(CC(C(=O)O)c2ccncc2)cc1. The standard InChI is InChI=1S/C26H24N2O4/c1-18-24(28-25(32-18)21-5-3-2-4-6-21)13-16-31-22-9-7-19(8-10-22)17-23(26(29)30)20-11-14-27-15-12-20/h2-12,14-15,23H,13,16-17H2,1H3,(H,29,30). The molecule has 0 saturated carbocycles. The van der Waals surface area contributed by atoms with Gasteiger partial charge in [0.25, 0.3) is 0 Å². The number of benzene rings is 2. The summed E-state index contributed by atoms with van der Waals surface area (Å²) in [6, 6.07) is 20.8. The van der Waals surface area contributed by atoms with Gasteiger partial charge < -0.3 is 14.3 Å². The largest absolute Gasteiger partial charge is 0.493 e. The predicted molar refractivity (Wildman–Crippen MR) is 121 cm³/mol. The molecule has 32 heavy (non-hydrogen) atoms. The Morgan fingerprint density at radius 2 is 1.75 bits per heavy atom. The van der Waals surface area contributed by atoms with Crippen molar-refractivity contribution in [3.05, 3.63) is 102 Å². The van der Waals surface area contributed by atoms with E-state index >= 15 is 0 Å². The maximum atomic E-state index is 11.7. The van der Waals surface area contributed by atoms with Crippen molar-refractivity contribution in [3.8, 4) is 17.2 Å². The van der Waals surface area contributed by atoms with Gasteiger partial charge in [0, 0.05) is 24.4 Å². The van der Waals surface area contributed by atoms with Crippen molar-refractivity contribution in [1.29, 1.82) is 0 Å². The highest BCUT2D eigenvalue weighted by molar-refractivity contribution is 5.76. The van der Waals surface area contributed by atoms with Crippen LogP contribution in [0.25, 0.3) is 11.5 Å². The van der Waals surface area contributed by atoms with Gasteiger partial charge in [-0.05, 0) is 60.9 Å². The molecule has 6 nitrogen and oxygen atoms in total. The highest BCUT2D eigenvalue weighted by Crippen LogP contribution is 2.24. The van der Waals surface area contributed by atoms with Crippen LogP contribution in [0.3, 0.4) is 0 Å². The van der Waals surface area contributed by atoms with Crippen LogP contribution < -0.4 is 4.74 Å². The first-order valence-corrected chi connectivity index (χ1v) is 10.5. The van der Waals surface area contributed by atoms with E-state index < -0.39 is 11.9 Å². The maximum Gasteiger partial charge on any atom is 0.311 e. The van der Waals surface area contributed by atoms with Gasteiger partial charge in [-0.25, -0.2) is 4.98 Å². The van der Waals surface area contributed by atoms with Crippen LogP contribution in [0.4, 0.5) is 0 Å². The van der Waals surface area contributed by atoms with Crippen LogP contribution in [0.15, 0.2) is 83.5 Å². The number of nitrogens with zero attached hydrogens (tertiary/aromatic N) is 2. The topological polar surface area (TPSA) is 85.5 Å². The third-order valence-electron chi connectivity index (χ3n) is 5.29. The zero-order valence-electron chi connectivity index (χ0n) is 17.8. The fraction of sp³-hybridized carbons (Fsp3) is 0.192. The second-order valence-electron chi connectivity index (χ2n) is 7.51. The summed E-state index contributed by atoms with van der Waals surface area (Å²) in [5.41, 5.74) is 3.50. The number of carboxylic acid groups (broad SMARTS) is 1. The highest BCUT2D eigenvalue weighted by atomic mass is 16.5. The van der Waals surface area contributed by atoms with Crippen LogP contribution in [0.1, 0.15) is 28.5 Å². The summed E-state index contributed by atoms with van der Waals surface area (Å²) in [4.78, 5) is 20.3. The van der Waals surface area contributed by atoms with E-state index in [0.717, 1.165) is 33.9 Å². The molecule has 0 spiro atoms. The normalized spacial score (nSPS) is 11.8. The van der Waals surface area contributed by atoms with E-state index in [1.54, 1.807) is 24.5 Å². The molecule has 0 aliphatic carbocycles. The molecule has 2 heterocycles. The number of pyridine rings is 1. The van der Waals surface area contributed by atoms with E-state index in [2.05, 4.69) is 9.97 Å². The van der Waals surface area contributed by atoms with Gasteiger partial charge in [-0.3, -0.25) is 9.78 Å². The fourth-order valence-electron chi connectivity index (χ4n) is 3.53. The van der Waals surface area contributed by atoms with Crippen LogP contribution in [0, 0.1) is 6.92 Å². The van der Waals surface area contributed by atoms with E-state index in [9.17, 15) is 9.90 Å². The molecule has 2 aromatic heterocycles. The predicted octanol–water partition coefficient (Wildman–Crippen LogP) is 5.08. The Bertz CT molecular complexity index is 1160. The lowest BCUT2D eigenvalue weighted by Gasteiger charge is -2.13. The van der Waals surface area contributed by atoms with Gasteiger partial charge in [-0.1, -0.05) is 30.3 Å². The molecule has 2 aromatic carbocycles. The maximum absolute atomic E-state index is 11.7. The number of ether oxygens (including phenoxy) is 1. The number of aliphatic carboxylic acids is 1. The van der Waals surface area contributed by atoms with E-state index in [0.29, 0.717) is 25.3 Å². The number of aryl methyl sites for hydroxylation is 1. The summed E-state index contributed by atoms with van der Waals surface area (Å²) < 4.78 is 11.7. The lowest BCUT2D eigenvalue weighted by Crippen LogP contribution is -2.14. The molecule has 0 aliphatic heterocycles. The number of hydrogen-bond acceptors (Lipinski definition) is 5. The van der Waals surface area contributed by atoms with Crippen molar-refractivity contribution in [2.75, 3.05) is 6.61 Å². The Kier molecular flexibility index (Phi) is 6.60. The van der Waals surface area contributed by atoms with Gasteiger partial charge in [-0.2, -0.15) is 0 Å². The molecule has 1 unspecified atom stereocenters. The average Bonchev–Trinajstić information content (AvgIpc) is 3.20. The van der Waals surface area contributed by atoms with Gasteiger partial charge >= 0.3 is 5.97 Å². The molecule has 6 heteroatoms. The minimum absolute atomic E-state index is 0.403. The number of oxazole rings is 1. The van der Waals surface area contributed by atoms with Crippen molar-refractivity contribution in [3.63, 3.8) is 0 Å². The molecule has 0 saturated heterocycles. The van der Waals surface area contributed by atoms with Crippen molar-refractivity contribution >= 4 is 5.97 Å². The van der Waals surface area contributed by atoms with Crippen molar-refractivity contribution < 1.29 is 19.1 Å². The summed E-state index contributed by atoms with van der Waals surface area (Å²) in [6.07, 6.45) is 4.26. The smallest absolute Gasteiger partial charge is 0.311 e.